The van der Waals surface area contributed by atoms with Gasteiger partial charge in [0.2, 0.25) is 11.7 Å². The third kappa shape index (κ3) is 5.91. The molecule has 0 fully saturated rings. The number of hydrogen-bond donors (Lipinski definition) is 1. The standard InChI is InChI=1S/C27H32N2O6S/c1-19(2)20-11-14-22(15-12-20)29(36(31,32)23-9-7-6-8-10-23)18-25(30)28-17-21-13-16-24(33-3)27(35-5)26(21)34-4/h6-16,19H,17-18H2,1-5H3,(H,28,30). The largest absolute Gasteiger partial charge is 0.493 e. The summed E-state index contributed by atoms with van der Waals surface area (Å²) in [6, 6.07) is 18.7. The lowest BCUT2D eigenvalue weighted by Gasteiger charge is -2.24. The second-order valence-electron chi connectivity index (χ2n) is 8.34. The van der Waals surface area contributed by atoms with Crippen molar-refractivity contribution in [3.8, 4) is 17.2 Å². The van der Waals surface area contributed by atoms with E-state index >= 15 is 0 Å². The van der Waals surface area contributed by atoms with E-state index in [0.29, 0.717) is 28.5 Å². The normalized spacial score (nSPS) is 11.2. The number of benzene rings is 3. The van der Waals surface area contributed by atoms with Crippen molar-refractivity contribution < 1.29 is 27.4 Å². The Morgan fingerprint density at radius 3 is 2.06 bits per heavy atom. The predicted octanol–water partition coefficient (Wildman–Crippen LogP) is 4.35. The maximum absolute atomic E-state index is 13.5. The molecule has 1 N–H and O–H groups in total. The highest BCUT2D eigenvalue weighted by atomic mass is 32.2. The van der Waals surface area contributed by atoms with Crippen LogP contribution in [-0.4, -0.2) is 42.2 Å². The predicted molar refractivity (Wildman–Crippen MR) is 139 cm³/mol. The second-order valence-corrected chi connectivity index (χ2v) is 10.2. The summed E-state index contributed by atoms with van der Waals surface area (Å²) in [7, 11) is 0.533. The molecule has 0 aromatic heterocycles. The highest BCUT2D eigenvalue weighted by Crippen LogP contribution is 2.39. The Balaban J connectivity index is 1.87. The van der Waals surface area contributed by atoms with Gasteiger partial charge in [-0.05, 0) is 47.9 Å². The van der Waals surface area contributed by atoms with Crippen LogP contribution >= 0.6 is 0 Å². The molecule has 0 heterocycles. The topological polar surface area (TPSA) is 94.2 Å². The molecule has 192 valence electrons. The molecule has 3 rings (SSSR count). The maximum atomic E-state index is 13.5. The van der Waals surface area contributed by atoms with E-state index < -0.39 is 22.5 Å². The van der Waals surface area contributed by atoms with Crippen molar-refractivity contribution in [1.29, 1.82) is 0 Å². The minimum atomic E-state index is -3.99. The van der Waals surface area contributed by atoms with Crippen molar-refractivity contribution >= 4 is 21.6 Å². The van der Waals surface area contributed by atoms with E-state index in [1.807, 2.05) is 12.1 Å². The summed E-state index contributed by atoms with van der Waals surface area (Å²) in [6.45, 7) is 3.83. The van der Waals surface area contributed by atoms with Gasteiger partial charge in [-0.1, -0.05) is 44.2 Å². The number of nitrogens with zero attached hydrogens (tertiary/aromatic N) is 1. The van der Waals surface area contributed by atoms with Gasteiger partial charge in [-0.15, -0.1) is 0 Å². The molecule has 9 heteroatoms. The number of carbonyl (C=O) groups is 1. The van der Waals surface area contributed by atoms with Crippen LogP contribution in [0.3, 0.4) is 0 Å². The lowest BCUT2D eigenvalue weighted by Crippen LogP contribution is -2.40. The average Bonchev–Trinajstić information content (AvgIpc) is 2.90. The number of amides is 1. The fourth-order valence-corrected chi connectivity index (χ4v) is 5.18. The first-order valence-electron chi connectivity index (χ1n) is 11.4. The minimum Gasteiger partial charge on any atom is -0.493 e. The van der Waals surface area contributed by atoms with Crippen molar-refractivity contribution in [2.45, 2.75) is 31.2 Å². The number of methoxy groups -OCH3 is 3. The number of carbonyl (C=O) groups excluding carboxylic acids is 1. The highest BCUT2D eigenvalue weighted by Gasteiger charge is 2.27. The molecular formula is C27H32N2O6S. The fourth-order valence-electron chi connectivity index (χ4n) is 3.74. The molecule has 1 amide bonds. The van der Waals surface area contributed by atoms with Gasteiger partial charge in [-0.25, -0.2) is 8.42 Å². The molecule has 3 aromatic rings. The molecule has 36 heavy (non-hydrogen) atoms. The van der Waals surface area contributed by atoms with E-state index in [-0.39, 0.29) is 17.4 Å². The van der Waals surface area contributed by atoms with E-state index in [9.17, 15) is 13.2 Å². The Kier molecular flexibility index (Phi) is 8.82. The summed E-state index contributed by atoms with van der Waals surface area (Å²) in [5.74, 6) is 1.15. The van der Waals surface area contributed by atoms with Crippen LogP contribution < -0.4 is 23.8 Å². The molecular weight excluding hydrogens is 480 g/mol. The zero-order valence-electron chi connectivity index (χ0n) is 21.1. The van der Waals surface area contributed by atoms with Gasteiger partial charge in [0.05, 0.1) is 31.9 Å². The van der Waals surface area contributed by atoms with Gasteiger partial charge in [-0.3, -0.25) is 9.10 Å². The SMILES string of the molecule is COc1ccc(CNC(=O)CN(c2ccc(C(C)C)cc2)S(=O)(=O)c2ccccc2)c(OC)c1OC. The lowest BCUT2D eigenvalue weighted by atomic mass is 10.0. The summed E-state index contributed by atoms with van der Waals surface area (Å²) in [5.41, 5.74) is 2.13. The zero-order valence-corrected chi connectivity index (χ0v) is 22.0. The molecule has 0 aliphatic carbocycles. The highest BCUT2D eigenvalue weighted by molar-refractivity contribution is 7.92. The van der Waals surface area contributed by atoms with E-state index in [4.69, 9.17) is 14.2 Å². The quantitative estimate of drug-likeness (QED) is 0.411. The molecule has 0 aliphatic heterocycles. The number of hydrogen-bond acceptors (Lipinski definition) is 6. The van der Waals surface area contributed by atoms with Crippen LogP contribution in [0.1, 0.15) is 30.9 Å². The van der Waals surface area contributed by atoms with E-state index in [1.54, 1.807) is 42.5 Å². The summed E-state index contributed by atoms with van der Waals surface area (Å²) in [6.07, 6.45) is 0. The van der Waals surface area contributed by atoms with Crippen molar-refractivity contribution in [2.75, 3.05) is 32.2 Å². The molecule has 8 nitrogen and oxygen atoms in total. The van der Waals surface area contributed by atoms with Gasteiger partial charge < -0.3 is 19.5 Å². The Labute approximate surface area is 212 Å². The summed E-state index contributed by atoms with van der Waals surface area (Å²) >= 11 is 0. The first-order valence-corrected chi connectivity index (χ1v) is 12.9. The van der Waals surface area contributed by atoms with Crippen LogP contribution in [0.4, 0.5) is 5.69 Å². The zero-order chi connectivity index (χ0) is 26.3. The molecule has 0 radical (unpaired) electrons. The van der Waals surface area contributed by atoms with Crippen LogP contribution in [0.5, 0.6) is 17.2 Å². The van der Waals surface area contributed by atoms with Gasteiger partial charge in [0.15, 0.2) is 11.5 Å². The lowest BCUT2D eigenvalue weighted by molar-refractivity contribution is -0.119. The van der Waals surface area contributed by atoms with Crippen molar-refractivity contribution in [3.05, 3.63) is 77.9 Å². The summed E-state index contributed by atoms with van der Waals surface area (Å²) in [4.78, 5) is 13.1. The molecule has 0 saturated carbocycles. The van der Waals surface area contributed by atoms with Gasteiger partial charge in [0, 0.05) is 12.1 Å². The Morgan fingerprint density at radius 2 is 1.50 bits per heavy atom. The van der Waals surface area contributed by atoms with Gasteiger partial charge in [0.1, 0.15) is 6.54 Å². The van der Waals surface area contributed by atoms with Crippen LogP contribution in [0.25, 0.3) is 0 Å². The smallest absolute Gasteiger partial charge is 0.264 e. The van der Waals surface area contributed by atoms with E-state index in [1.165, 1.54) is 33.5 Å². The van der Waals surface area contributed by atoms with Gasteiger partial charge >= 0.3 is 0 Å². The van der Waals surface area contributed by atoms with Crippen molar-refractivity contribution in [1.82, 2.24) is 5.32 Å². The molecule has 0 aliphatic rings. The van der Waals surface area contributed by atoms with Crippen LogP contribution in [-0.2, 0) is 21.4 Å². The average molecular weight is 513 g/mol. The second kappa shape index (κ2) is 11.8. The third-order valence-corrected chi connectivity index (χ3v) is 7.52. The molecule has 0 spiro atoms. The van der Waals surface area contributed by atoms with Crippen LogP contribution in [0, 0.1) is 0 Å². The van der Waals surface area contributed by atoms with Crippen LogP contribution in [0.15, 0.2) is 71.6 Å². The Bertz CT molecular complexity index is 1280. The molecule has 0 bridgehead atoms. The number of ether oxygens (including phenoxy) is 3. The third-order valence-electron chi connectivity index (χ3n) is 5.73. The molecule has 3 aromatic carbocycles. The van der Waals surface area contributed by atoms with Crippen molar-refractivity contribution in [3.63, 3.8) is 0 Å². The van der Waals surface area contributed by atoms with Gasteiger partial charge in [0.25, 0.3) is 10.0 Å². The number of nitrogens with one attached hydrogen (secondary N) is 1. The summed E-state index contributed by atoms with van der Waals surface area (Å²) < 4.78 is 44.3. The Hall–Kier alpha value is -3.72. The number of anilines is 1. The fraction of sp³-hybridized carbons (Fsp3) is 0.296. The molecule has 0 atom stereocenters. The van der Waals surface area contributed by atoms with Crippen molar-refractivity contribution in [2.24, 2.45) is 0 Å². The summed E-state index contributed by atoms with van der Waals surface area (Å²) in [5, 5.41) is 2.79. The number of rotatable bonds is 11. The van der Waals surface area contributed by atoms with Crippen LogP contribution in [0.2, 0.25) is 0 Å². The number of sulfonamides is 1. The minimum absolute atomic E-state index is 0.104. The first kappa shape index (κ1) is 26.9. The first-order chi connectivity index (χ1) is 17.2. The Morgan fingerprint density at radius 1 is 0.861 bits per heavy atom. The van der Waals surface area contributed by atoms with Gasteiger partial charge in [-0.2, -0.15) is 0 Å². The monoisotopic (exact) mass is 512 g/mol. The molecule has 0 saturated heterocycles. The maximum Gasteiger partial charge on any atom is 0.264 e. The van der Waals surface area contributed by atoms with E-state index in [0.717, 1.165) is 9.87 Å². The van der Waals surface area contributed by atoms with E-state index in [2.05, 4.69) is 19.2 Å². The molecule has 0 unspecified atom stereocenters.